The molecule has 2 heterocycles. The Morgan fingerprint density at radius 1 is 1.17 bits per heavy atom. The maximum absolute atomic E-state index is 12.3. The van der Waals surface area contributed by atoms with E-state index in [0.29, 0.717) is 17.3 Å². The Balaban J connectivity index is 1.68. The van der Waals surface area contributed by atoms with Crippen molar-refractivity contribution in [2.45, 2.75) is 26.3 Å². The van der Waals surface area contributed by atoms with Crippen molar-refractivity contribution in [1.29, 1.82) is 0 Å². The third-order valence-corrected chi connectivity index (χ3v) is 3.83. The number of aryl methyl sites for hydroxylation is 1. The normalized spacial score (nSPS) is 11.9. The van der Waals surface area contributed by atoms with E-state index in [4.69, 9.17) is 4.42 Å². The van der Waals surface area contributed by atoms with Crippen molar-refractivity contribution in [3.8, 4) is 11.5 Å². The number of nitrogens with one attached hydrogen (secondary N) is 1. The molecule has 0 aliphatic heterocycles. The van der Waals surface area contributed by atoms with Gasteiger partial charge in [-0.3, -0.25) is 9.78 Å². The van der Waals surface area contributed by atoms with Crippen molar-refractivity contribution in [3.05, 3.63) is 71.9 Å². The van der Waals surface area contributed by atoms with E-state index < -0.39 is 0 Å². The van der Waals surface area contributed by atoms with Crippen molar-refractivity contribution in [2.24, 2.45) is 0 Å². The number of hydrogen-bond donors (Lipinski definition) is 1. The largest absolute Gasteiger partial charge is 0.441 e. The number of oxazole rings is 1. The average Bonchev–Trinajstić information content (AvgIpc) is 2.97. The van der Waals surface area contributed by atoms with Gasteiger partial charge in [0.15, 0.2) is 0 Å². The molecular formula is C19H19N3O2. The molecule has 0 unspecified atom stereocenters. The molecule has 0 aliphatic carbocycles. The zero-order chi connectivity index (χ0) is 16.9. The predicted octanol–water partition coefficient (Wildman–Crippen LogP) is 3.46. The summed E-state index contributed by atoms with van der Waals surface area (Å²) in [5.41, 5.74) is 2.57. The summed E-state index contributed by atoms with van der Waals surface area (Å²) in [6, 6.07) is 13.4. The molecule has 0 saturated carbocycles. The Labute approximate surface area is 140 Å². The van der Waals surface area contributed by atoms with Crippen LogP contribution in [0.15, 0.2) is 59.3 Å². The Morgan fingerprint density at radius 3 is 2.58 bits per heavy atom. The molecule has 3 rings (SSSR count). The highest BCUT2D eigenvalue weighted by Crippen LogP contribution is 2.21. The molecule has 24 heavy (non-hydrogen) atoms. The lowest BCUT2D eigenvalue weighted by Crippen LogP contribution is -2.28. The topological polar surface area (TPSA) is 68.0 Å². The molecule has 0 radical (unpaired) electrons. The third kappa shape index (κ3) is 3.68. The Bertz CT molecular complexity index is 813. The van der Waals surface area contributed by atoms with Crippen LogP contribution in [0.25, 0.3) is 11.5 Å². The number of hydrogen-bond acceptors (Lipinski definition) is 4. The molecule has 5 nitrogen and oxygen atoms in total. The van der Waals surface area contributed by atoms with Crippen LogP contribution >= 0.6 is 0 Å². The van der Waals surface area contributed by atoms with Crippen LogP contribution in [0.1, 0.15) is 30.0 Å². The van der Waals surface area contributed by atoms with E-state index in [1.54, 1.807) is 12.4 Å². The number of nitrogens with zero attached hydrogens (tertiary/aromatic N) is 2. The van der Waals surface area contributed by atoms with Gasteiger partial charge in [0.1, 0.15) is 5.76 Å². The highest BCUT2D eigenvalue weighted by atomic mass is 16.4. The minimum atomic E-state index is -0.0877. The first-order valence-electron chi connectivity index (χ1n) is 7.84. The first-order chi connectivity index (χ1) is 11.6. The summed E-state index contributed by atoms with van der Waals surface area (Å²) in [6.45, 7) is 3.77. The molecule has 1 aromatic carbocycles. The van der Waals surface area contributed by atoms with Gasteiger partial charge in [-0.15, -0.1) is 0 Å². The molecule has 3 aromatic rings. The standard InChI is InChI=1S/C19H19N3O2/c1-13(15-8-10-20-11-9-15)21-18(23)12-17-14(2)24-19(22-17)16-6-4-3-5-7-16/h3-11,13H,12H2,1-2H3,(H,21,23)/t13-/m1/s1. The Morgan fingerprint density at radius 2 is 1.88 bits per heavy atom. The Hall–Kier alpha value is -2.95. The molecule has 0 fully saturated rings. The van der Waals surface area contributed by atoms with Crippen LogP contribution in [0.2, 0.25) is 0 Å². The fourth-order valence-corrected chi connectivity index (χ4v) is 2.48. The number of carbonyl (C=O) groups is 1. The zero-order valence-corrected chi connectivity index (χ0v) is 13.7. The van der Waals surface area contributed by atoms with Crippen LogP contribution in [0.4, 0.5) is 0 Å². The van der Waals surface area contributed by atoms with Gasteiger partial charge in [-0.25, -0.2) is 4.98 Å². The molecule has 122 valence electrons. The van der Waals surface area contributed by atoms with Gasteiger partial charge in [-0.05, 0) is 43.7 Å². The number of carbonyl (C=O) groups excluding carboxylic acids is 1. The maximum atomic E-state index is 12.3. The second kappa shape index (κ2) is 7.08. The second-order valence-corrected chi connectivity index (χ2v) is 5.63. The van der Waals surface area contributed by atoms with Gasteiger partial charge in [0.05, 0.1) is 18.2 Å². The predicted molar refractivity (Wildman–Crippen MR) is 91.2 cm³/mol. The average molecular weight is 321 g/mol. The van der Waals surface area contributed by atoms with E-state index in [0.717, 1.165) is 11.1 Å². The number of rotatable bonds is 5. The lowest BCUT2D eigenvalue weighted by molar-refractivity contribution is -0.121. The zero-order valence-electron chi connectivity index (χ0n) is 13.7. The minimum Gasteiger partial charge on any atom is -0.441 e. The Kier molecular flexibility index (Phi) is 4.70. The molecule has 2 aromatic heterocycles. The highest BCUT2D eigenvalue weighted by Gasteiger charge is 2.16. The molecule has 1 atom stereocenters. The quantitative estimate of drug-likeness (QED) is 0.781. The molecule has 0 aliphatic rings. The lowest BCUT2D eigenvalue weighted by Gasteiger charge is -2.13. The van der Waals surface area contributed by atoms with Crippen LogP contribution in [0, 0.1) is 6.92 Å². The van der Waals surface area contributed by atoms with Gasteiger partial charge >= 0.3 is 0 Å². The maximum Gasteiger partial charge on any atom is 0.226 e. The fourth-order valence-electron chi connectivity index (χ4n) is 2.48. The van der Waals surface area contributed by atoms with Crippen LogP contribution in [-0.2, 0) is 11.2 Å². The minimum absolute atomic E-state index is 0.0821. The van der Waals surface area contributed by atoms with E-state index >= 15 is 0 Å². The van der Waals surface area contributed by atoms with Crippen molar-refractivity contribution >= 4 is 5.91 Å². The van der Waals surface area contributed by atoms with Crippen LogP contribution in [-0.4, -0.2) is 15.9 Å². The van der Waals surface area contributed by atoms with Gasteiger partial charge in [0, 0.05) is 18.0 Å². The lowest BCUT2D eigenvalue weighted by atomic mass is 10.1. The first kappa shape index (κ1) is 15.9. The summed E-state index contributed by atoms with van der Waals surface area (Å²) in [5, 5.41) is 2.97. The summed E-state index contributed by atoms with van der Waals surface area (Å²) < 4.78 is 5.69. The van der Waals surface area contributed by atoms with E-state index in [9.17, 15) is 4.79 Å². The molecule has 5 heteroatoms. The smallest absolute Gasteiger partial charge is 0.226 e. The van der Waals surface area contributed by atoms with Gasteiger partial charge in [-0.1, -0.05) is 18.2 Å². The molecule has 0 spiro atoms. The first-order valence-corrected chi connectivity index (χ1v) is 7.84. The molecule has 0 bridgehead atoms. The van der Waals surface area contributed by atoms with E-state index in [1.807, 2.05) is 56.3 Å². The summed E-state index contributed by atoms with van der Waals surface area (Å²) in [7, 11) is 0. The number of aromatic nitrogens is 2. The van der Waals surface area contributed by atoms with Gasteiger partial charge < -0.3 is 9.73 Å². The van der Waals surface area contributed by atoms with E-state index in [-0.39, 0.29) is 18.4 Å². The van der Waals surface area contributed by atoms with Crippen molar-refractivity contribution in [1.82, 2.24) is 15.3 Å². The summed E-state index contributed by atoms with van der Waals surface area (Å²) in [5.74, 6) is 1.12. The monoisotopic (exact) mass is 321 g/mol. The third-order valence-electron chi connectivity index (χ3n) is 3.83. The summed E-state index contributed by atoms with van der Waals surface area (Å²) in [4.78, 5) is 20.7. The van der Waals surface area contributed by atoms with Crippen LogP contribution in [0.3, 0.4) is 0 Å². The van der Waals surface area contributed by atoms with E-state index in [1.165, 1.54) is 0 Å². The van der Waals surface area contributed by atoms with Crippen molar-refractivity contribution in [3.63, 3.8) is 0 Å². The van der Waals surface area contributed by atoms with Crippen molar-refractivity contribution < 1.29 is 9.21 Å². The SMILES string of the molecule is Cc1oc(-c2ccccc2)nc1CC(=O)N[C@H](C)c1ccncc1. The molecule has 0 saturated heterocycles. The van der Waals surface area contributed by atoms with Crippen LogP contribution in [0.5, 0.6) is 0 Å². The fraction of sp³-hybridized carbons (Fsp3) is 0.211. The molecule has 1 amide bonds. The van der Waals surface area contributed by atoms with Gasteiger partial charge in [-0.2, -0.15) is 0 Å². The summed E-state index contributed by atoms with van der Waals surface area (Å²) >= 11 is 0. The number of pyridine rings is 1. The number of amides is 1. The second-order valence-electron chi connectivity index (χ2n) is 5.63. The van der Waals surface area contributed by atoms with Gasteiger partial charge in [0.2, 0.25) is 11.8 Å². The molecule has 1 N–H and O–H groups in total. The van der Waals surface area contributed by atoms with E-state index in [2.05, 4.69) is 15.3 Å². The summed E-state index contributed by atoms with van der Waals surface area (Å²) in [6.07, 6.45) is 3.62. The van der Waals surface area contributed by atoms with Gasteiger partial charge in [0.25, 0.3) is 0 Å². The molecular weight excluding hydrogens is 302 g/mol. The van der Waals surface area contributed by atoms with Crippen LogP contribution < -0.4 is 5.32 Å². The number of benzene rings is 1. The van der Waals surface area contributed by atoms with Crippen molar-refractivity contribution in [2.75, 3.05) is 0 Å². The highest BCUT2D eigenvalue weighted by molar-refractivity contribution is 5.79.